The number of carbonyl (C=O) groups is 1. The molecule has 0 bridgehead atoms. The number of aromatic amines is 1. The van der Waals surface area contributed by atoms with Crippen molar-refractivity contribution in [3.8, 4) is 0 Å². The Kier molecular flexibility index (Phi) is 9.98. The molecule has 0 spiro atoms. The molecular weight excluding hydrogens is 303 g/mol. The number of nitrogens with zero attached hydrogens (tertiary/aromatic N) is 1. The molecule has 0 saturated heterocycles. The predicted molar refractivity (Wildman–Crippen MR) is 75.4 cm³/mol. The van der Waals surface area contributed by atoms with Crippen molar-refractivity contribution in [2.24, 2.45) is 0 Å². The topological polar surface area (TPSA) is 46.0 Å². The number of halogens is 4. The molecule has 0 fully saturated rings. The van der Waals surface area contributed by atoms with Gasteiger partial charge >= 0.3 is 13.2 Å². The van der Waals surface area contributed by atoms with Crippen molar-refractivity contribution >= 4 is 13.2 Å². The Morgan fingerprint density at radius 3 is 2.32 bits per heavy atom. The van der Waals surface area contributed by atoms with Gasteiger partial charge in [-0.1, -0.05) is 6.58 Å². The Morgan fingerprint density at radius 1 is 1.23 bits per heavy atom. The summed E-state index contributed by atoms with van der Waals surface area (Å²) >= 11 is 0. The molecule has 0 aromatic carbocycles. The minimum absolute atomic E-state index is 0.285. The molecule has 0 aliphatic rings. The largest absolute Gasteiger partial charge is 0.673 e. The molecule has 1 aromatic heterocycles. The molecule has 1 rings (SSSR count). The molecule has 1 aromatic rings. The van der Waals surface area contributed by atoms with Crippen molar-refractivity contribution in [3.05, 3.63) is 30.6 Å². The first-order valence-electron chi connectivity index (χ1n) is 6.93. The van der Waals surface area contributed by atoms with Gasteiger partial charge in [-0.3, -0.25) is 0 Å². The van der Waals surface area contributed by atoms with Crippen LogP contribution in [0.2, 0.25) is 0 Å². The lowest BCUT2D eigenvalue weighted by Gasteiger charge is -2.03. The highest BCUT2D eigenvalue weighted by molar-refractivity contribution is 6.50. The van der Waals surface area contributed by atoms with E-state index in [1.165, 1.54) is 0 Å². The second-order valence-electron chi connectivity index (χ2n) is 4.66. The smallest absolute Gasteiger partial charge is 0.462 e. The summed E-state index contributed by atoms with van der Waals surface area (Å²) in [4.78, 5) is 11.1. The van der Waals surface area contributed by atoms with Crippen LogP contribution in [0.15, 0.2) is 30.6 Å². The Labute approximate surface area is 127 Å². The Morgan fingerprint density at radius 2 is 1.82 bits per heavy atom. The third-order valence-corrected chi connectivity index (χ3v) is 2.48. The van der Waals surface area contributed by atoms with E-state index >= 15 is 0 Å². The first-order chi connectivity index (χ1) is 10.2. The maximum atomic E-state index is 11.1. The quantitative estimate of drug-likeness (QED) is 0.199. The summed E-state index contributed by atoms with van der Waals surface area (Å²) in [6, 6.07) is 1.98. The summed E-state index contributed by atoms with van der Waals surface area (Å²) in [5.74, 6) is -0.285. The van der Waals surface area contributed by atoms with E-state index in [2.05, 4.69) is 16.4 Å². The lowest BCUT2D eigenvalue weighted by Crippen LogP contribution is -2.34. The summed E-state index contributed by atoms with van der Waals surface area (Å²) in [6.07, 6.45) is 8.24. The number of aromatic nitrogens is 2. The van der Waals surface area contributed by atoms with Gasteiger partial charge in [-0.15, -0.1) is 4.68 Å². The molecule has 0 amide bonds. The third-order valence-electron chi connectivity index (χ3n) is 2.48. The van der Waals surface area contributed by atoms with Crippen molar-refractivity contribution < 1.29 is 31.5 Å². The van der Waals surface area contributed by atoms with Gasteiger partial charge < -0.3 is 22.0 Å². The zero-order chi connectivity index (χ0) is 17.0. The number of rotatable bonds is 8. The summed E-state index contributed by atoms with van der Waals surface area (Å²) < 4.78 is 46.1. The molecular formula is C13H21BF4N2O2. The van der Waals surface area contributed by atoms with Gasteiger partial charge in [0.2, 0.25) is 0 Å². The Hall–Kier alpha value is -1.80. The van der Waals surface area contributed by atoms with Gasteiger partial charge in [0.05, 0.1) is 12.8 Å². The lowest BCUT2D eigenvalue weighted by molar-refractivity contribution is -0.750. The van der Waals surface area contributed by atoms with Crippen LogP contribution >= 0.6 is 0 Å². The van der Waals surface area contributed by atoms with E-state index in [0.717, 1.165) is 32.2 Å². The van der Waals surface area contributed by atoms with Crippen LogP contribution in [0.3, 0.4) is 0 Å². The summed E-state index contributed by atoms with van der Waals surface area (Å²) in [6.45, 7) is 6.71. The van der Waals surface area contributed by atoms with Crippen LogP contribution in [-0.2, 0) is 16.1 Å². The van der Waals surface area contributed by atoms with Gasteiger partial charge in [0.25, 0.3) is 0 Å². The second kappa shape index (κ2) is 10.9. The van der Waals surface area contributed by atoms with Crippen LogP contribution in [0.25, 0.3) is 0 Å². The van der Waals surface area contributed by atoms with Crippen molar-refractivity contribution in [3.63, 3.8) is 0 Å². The number of nitrogens with one attached hydrogen (secondary N) is 1. The number of ether oxygens (including phenoxy) is 1. The van der Waals surface area contributed by atoms with Gasteiger partial charge in [0.1, 0.15) is 0 Å². The maximum absolute atomic E-state index is 11.1. The second-order valence-corrected chi connectivity index (χ2v) is 4.66. The van der Waals surface area contributed by atoms with E-state index in [1.807, 2.05) is 18.5 Å². The van der Waals surface area contributed by atoms with Gasteiger partial charge in [0, 0.05) is 18.1 Å². The van der Waals surface area contributed by atoms with Crippen LogP contribution in [0.5, 0.6) is 0 Å². The lowest BCUT2D eigenvalue weighted by atomic mass is 10.2. The normalized spacial score (nSPS) is 10.6. The average Bonchev–Trinajstić information content (AvgIpc) is 2.88. The van der Waals surface area contributed by atoms with Crippen LogP contribution in [0.1, 0.15) is 32.6 Å². The number of hydrogen-bond donors (Lipinski definition) is 1. The van der Waals surface area contributed by atoms with E-state index < -0.39 is 7.25 Å². The minimum Gasteiger partial charge on any atom is -0.462 e. The summed E-state index contributed by atoms with van der Waals surface area (Å²) in [7, 11) is -6.00. The van der Waals surface area contributed by atoms with Crippen molar-refractivity contribution in [1.29, 1.82) is 0 Å². The number of H-pyrrole nitrogens is 1. The Bertz CT molecular complexity index is 430. The number of esters is 1. The minimum atomic E-state index is -6.00. The highest BCUT2D eigenvalue weighted by Crippen LogP contribution is 2.06. The highest BCUT2D eigenvalue weighted by Gasteiger charge is 2.20. The first-order valence-corrected chi connectivity index (χ1v) is 6.93. The highest BCUT2D eigenvalue weighted by atomic mass is 19.5. The van der Waals surface area contributed by atoms with E-state index in [4.69, 9.17) is 4.74 Å². The molecule has 0 unspecified atom stereocenters. The van der Waals surface area contributed by atoms with Crippen LogP contribution in [-0.4, -0.2) is 24.9 Å². The molecule has 0 saturated carbocycles. The van der Waals surface area contributed by atoms with Crippen LogP contribution < -0.4 is 4.68 Å². The van der Waals surface area contributed by atoms with E-state index in [9.17, 15) is 22.1 Å². The van der Waals surface area contributed by atoms with Crippen molar-refractivity contribution in [1.82, 2.24) is 5.10 Å². The molecule has 1 heterocycles. The number of hydrogen-bond acceptors (Lipinski definition) is 2. The molecule has 9 heteroatoms. The van der Waals surface area contributed by atoms with Crippen LogP contribution in [0.4, 0.5) is 17.3 Å². The third kappa shape index (κ3) is 14.6. The number of unbranched alkanes of at least 4 members (excludes halogenated alkanes) is 3. The summed E-state index contributed by atoms with van der Waals surface area (Å²) in [5.41, 5.74) is 0.466. The molecule has 126 valence electrons. The molecule has 0 atom stereocenters. The zero-order valence-electron chi connectivity index (χ0n) is 12.5. The number of carbonyl (C=O) groups excluding carboxylic acids is 1. The van der Waals surface area contributed by atoms with E-state index in [-0.39, 0.29) is 5.97 Å². The molecule has 0 aliphatic heterocycles. The van der Waals surface area contributed by atoms with Crippen molar-refractivity contribution in [2.45, 2.75) is 39.2 Å². The van der Waals surface area contributed by atoms with E-state index in [1.54, 1.807) is 6.92 Å². The standard InChI is InChI=1S/C13H20N2O2.BF4/c1-12(2)13(16)17-11-6-4-3-5-9-15-10-7-8-14-15;2-1(3,4)5/h7-8,10H,1,3-6,9,11H2,2H3;/q;-1/p+1. The van der Waals surface area contributed by atoms with Gasteiger partial charge in [-0.25, -0.2) is 4.79 Å². The monoisotopic (exact) mass is 324 g/mol. The number of aryl methyl sites for hydroxylation is 1. The fourth-order valence-electron chi connectivity index (χ4n) is 1.49. The van der Waals surface area contributed by atoms with Gasteiger partial charge in [-0.05, 0) is 26.2 Å². The molecule has 0 aliphatic carbocycles. The van der Waals surface area contributed by atoms with Crippen molar-refractivity contribution in [2.75, 3.05) is 6.61 Å². The Balaban J connectivity index is 0.000000763. The predicted octanol–water partition coefficient (Wildman–Crippen LogP) is 3.28. The molecule has 4 nitrogen and oxygen atoms in total. The first kappa shape index (κ1) is 20.2. The SMILES string of the molecule is C=C(C)C(=O)OCCCCCC[n+]1ccc[nH]1.F[B-](F)(F)F. The fraction of sp³-hybridized carbons (Fsp3) is 0.538. The molecule has 0 radical (unpaired) electrons. The maximum Gasteiger partial charge on any atom is 0.673 e. The average molecular weight is 324 g/mol. The molecule has 1 N–H and O–H groups in total. The summed E-state index contributed by atoms with van der Waals surface area (Å²) in [5, 5.41) is 3.10. The van der Waals surface area contributed by atoms with Gasteiger partial charge in [0.15, 0.2) is 12.7 Å². The fourth-order valence-corrected chi connectivity index (χ4v) is 1.49. The zero-order valence-corrected chi connectivity index (χ0v) is 12.5. The van der Waals surface area contributed by atoms with E-state index in [0.29, 0.717) is 12.2 Å². The van der Waals surface area contributed by atoms with Crippen LogP contribution in [0, 0.1) is 0 Å². The molecule has 22 heavy (non-hydrogen) atoms. The van der Waals surface area contributed by atoms with Gasteiger partial charge in [-0.2, -0.15) is 5.10 Å².